The van der Waals surface area contributed by atoms with E-state index in [-0.39, 0.29) is 18.0 Å². The number of hydrogen-bond donors (Lipinski definition) is 1. The first kappa shape index (κ1) is 16.4. The van der Waals surface area contributed by atoms with Crippen molar-refractivity contribution in [1.29, 1.82) is 0 Å². The van der Waals surface area contributed by atoms with Gasteiger partial charge in [-0.2, -0.15) is 5.10 Å². The largest absolute Gasteiger partial charge is 0.354 e. The van der Waals surface area contributed by atoms with Crippen molar-refractivity contribution in [3.8, 4) is 0 Å². The topological polar surface area (TPSA) is 64.0 Å². The van der Waals surface area contributed by atoms with Gasteiger partial charge in [0.2, 0.25) is 5.91 Å². The van der Waals surface area contributed by atoms with Crippen LogP contribution in [0.15, 0.2) is 41.2 Å². The number of aryl methyl sites for hydroxylation is 2. The van der Waals surface area contributed by atoms with Crippen molar-refractivity contribution in [2.24, 2.45) is 0 Å². The molecule has 1 amide bonds. The number of nitrogens with zero attached hydrogens (tertiary/aromatic N) is 2. The highest BCUT2D eigenvalue weighted by molar-refractivity contribution is 5.75. The third kappa shape index (κ3) is 4.31. The summed E-state index contributed by atoms with van der Waals surface area (Å²) in [5, 5.41) is 7.28. The molecule has 5 heteroatoms. The van der Waals surface area contributed by atoms with Crippen molar-refractivity contribution in [2.75, 3.05) is 6.54 Å². The number of nitrogens with one attached hydrogen (secondary N) is 1. The molecule has 1 heterocycles. The van der Waals surface area contributed by atoms with Crippen molar-refractivity contribution < 1.29 is 4.79 Å². The van der Waals surface area contributed by atoms with Crippen LogP contribution in [0.5, 0.6) is 0 Å². The Morgan fingerprint density at radius 2 is 1.92 bits per heavy atom. The van der Waals surface area contributed by atoms with Gasteiger partial charge in [0, 0.05) is 12.6 Å². The summed E-state index contributed by atoms with van der Waals surface area (Å²) in [7, 11) is 0. The minimum absolute atomic E-state index is 0.0130. The van der Waals surface area contributed by atoms with Crippen LogP contribution in [0.4, 0.5) is 0 Å². The fourth-order valence-electron chi connectivity index (χ4n) is 3.07. The SMILES string of the molecule is O=C(Cn1nc2c(cc1=O)CCCCC2)NCCc1ccccc1. The normalized spacial score (nSPS) is 13.8. The number of carbonyl (C=O) groups excluding carboxylic acids is 1. The second-order valence-electron chi connectivity index (χ2n) is 6.26. The average molecular weight is 325 g/mol. The lowest BCUT2D eigenvalue weighted by Crippen LogP contribution is -2.35. The number of aromatic nitrogens is 2. The first-order valence-electron chi connectivity index (χ1n) is 8.63. The number of carbonyl (C=O) groups is 1. The van der Waals surface area contributed by atoms with Crippen LogP contribution in [-0.4, -0.2) is 22.2 Å². The molecule has 1 aromatic carbocycles. The molecule has 126 valence electrons. The molecule has 0 bridgehead atoms. The van der Waals surface area contributed by atoms with Crippen LogP contribution in [0.2, 0.25) is 0 Å². The molecule has 0 fully saturated rings. The summed E-state index contributed by atoms with van der Waals surface area (Å²) in [5.41, 5.74) is 3.02. The van der Waals surface area contributed by atoms with Gasteiger partial charge in [0.25, 0.3) is 5.56 Å². The van der Waals surface area contributed by atoms with Crippen molar-refractivity contribution in [2.45, 2.75) is 45.1 Å². The molecule has 0 atom stereocenters. The summed E-state index contributed by atoms with van der Waals surface area (Å²) < 4.78 is 1.29. The van der Waals surface area contributed by atoms with E-state index in [2.05, 4.69) is 10.4 Å². The summed E-state index contributed by atoms with van der Waals surface area (Å²) in [5.74, 6) is -0.172. The zero-order chi connectivity index (χ0) is 16.8. The Labute approximate surface area is 141 Å². The number of rotatable bonds is 5. The van der Waals surface area contributed by atoms with Gasteiger partial charge in [0.05, 0.1) is 5.69 Å². The van der Waals surface area contributed by atoms with Crippen LogP contribution in [0, 0.1) is 0 Å². The van der Waals surface area contributed by atoms with Gasteiger partial charge < -0.3 is 5.32 Å². The van der Waals surface area contributed by atoms with E-state index in [1.807, 2.05) is 30.3 Å². The molecule has 0 spiro atoms. The molecular weight excluding hydrogens is 302 g/mol. The maximum Gasteiger partial charge on any atom is 0.267 e. The quantitative estimate of drug-likeness (QED) is 0.854. The minimum atomic E-state index is -0.186. The zero-order valence-electron chi connectivity index (χ0n) is 13.8. The van der Waals surface area contributed by atoms with Gasteiger partial charge in [-0.1, -0.05) is 36.8 Å². The summed E-state index contributed by atoms with van der Waals surface area (Å²) in [4.78, 5) is 24.2. The van der Waals surface area contributed by atoms with E-state index in [9.17, 15) is 9.59 Å². The van der Waals surface area contributed by atoms with Crippen molar-refractivity contribution >= 4 is 5.91 Å². The average Bonchev–Trinajstić information content (AvgIpc) is 2.81. The number of hydrogen-bond acceptors (Lipinski definition) is 3. The molecule has 0 radical (unpaired) electrons. The summed E-state index contributed by atoms with van der Waals surface area (Å²) in [6.45, 7) is 0.545. The predicted molar refractivity (Wildman–Crippen MR) is 92.9 cm³/mol. The van der Waals surface area contributed by atoms with Crippen LogP contribution < -0.4 is 10.9 Å². The van der Waals surface area contributed by atoms with Gasteiger partial charge in [-0.05, 0) is 43.2 Å². The Hall–Kier alpha value is -2.43. The van der Waals surface area contributed by atoms with Gasteiger partial charge in [-0.15, -0.1) is 0 Å². The van der Waals surface area contributed by atoms with Crippen LogP contribution in [-0.2, 0) is 30.6 Å². The molecule has 0 unspecified atom stereocenters. The maximum atomic E-state index is 12.2. The Morgan fingerprint density at radius 3 is 2.75 bits per heavy atom. The smallest absolute Gasteiger partial charge is 0.267 e. The molecule has 24 heavy (non-hydrogen) atoms. The molecule has 2 aromatic rings. The molecule has 1 aliphatic carbocycles. The molecular formula is C19H23N3O2. The lowest BCUT2D eigenvalue weighted by Gasteiger charge is -2.10. The first-order valence-corrected chi connectivity index (χ1v) is 8.63. The minimum Gasteiger partial charge on any atom is -0.354 e. The van der Waals surface area contributed by atoms with Gasteiger partial charge in [-0.3, -0.25) is 9.59 Å². The summed E-state index contributed by atoms with van der Waals surface area (Å²) in [6.07, 6.45) is 5.97. The number of benzene rings is 1. The molecule has 1 N–H and O–H groups in total. The third-order valence-electron chi connectivity index (χ3n) is 4.40. The standard InChI is InChI=1S/C19H23N3O2/c23-18(20-12-11-15-7-3-1-4-8-15)14-22-19(24)13-16-9-5-2-6-10-17(16)21-22/h1,3-4,7-8,13H,2,5-6,9-12,14H2,(H,20,23). The van der Waals surface area contributed by atoms with Crippen molar-refractivity contribution in [3.05, 3.63) is 63.6 Å². The van der Waals surface area contributed by atoms with Crippen LogP contribution in [0.1, 0.15) is 36.1 Å². The monoisotopic (exact) mass is 325 g/mol. The lowest BCUT2D eigenvalue weighted by molar-refractivity contribution is -0.121. The highest BCUT2D eigenvalue weighted by Gasteiger charge is 2.13. The van der Waals surface area contributed by atoms with Crippen molar-refractivity contribution in [3.63, 3.8) is 0 Å². The molecule has 0 saturated heterocycles. The molecule has 0 aliphatic heterocycles. The van der Waals surface area contributed by atoms with E-state index in [4.69, 9.17) is 0 Å². The molecule has 3 rings (SSSR count). The Kier molecular flexibility index (Phi) is 5.41. The van der Waals surface area contributed by atoms with Gasteiger partial charge in [0.1, 0.15) is 6.54 Å². The predicted octanol–water partition coefficient (Wildman–Crippen LogP) is 1.87. The summed E-state index contributed by atoms with van der Waals surface area (Å²) in [6, 6.07) is 11.7. The molecule has 5 nitrogen and oxygen atoms in total. The van der Waals surface area contributed by atoms with Gasteiger partial charge in [-0.25, -0.2) is 4.68 Å². The highest BCUT2D eigenvalue weighted by Crippen LogP contribution is 2.16. The zero-order valence-corrected chi connectivity index (χ0v) is 13.8. The van der Waals surface area contributed by atoms with E-state index < -0.39 is 0 Å². The second kappa shape index (κ2) is 7.90. The highest BCUT2D eigenvalue weighted by atomic mass is 16.2. The van der Waals surface area contributed by atoms with E-state index in [1.165, 1.54) is 16.7 Å². The number of fused-ring (bicyclic) bond motifs is 1. The first-order chi connectivity index (χ1) is 11.7. The van der Waals surface area contributed by atoms with Gasteiger partial charge >= 0.3 is 0 Å². The molecule has 1 aromatic heterocycles. The van der Waals surface area contributed by atoms with Crippen LogP contribution in [0.3, 0.4) is 0 Å². The fourth-order valence-corrected chi connectivity index (χ4v) is 3.07. The Balaban J connectivity index is 1.58. The van der Waals surface area contributed by atoms with E-state index in [0.29, 0.717) is 6.54 Å². The van der Waals surface area contributed by atoms with Crippen LogP contribution in [0.25, 0.3) is 0 Å². The number of amides is 1. The Morgan fingerprint density at radius 1 is 1.12 bits per heavy atom. The maximum absolute atomic E-state index is 12.2. The van der Waals surface area contributed by atoms with Crippen molar-refractivity contribution in [1.82, 2.24) is 15.1 Å². The summed E-state index contributed by atoms with van der Waals surface area (Å²) >= 11 is 0. The van der Waals surface area contributed by atoms with E-state index in [0.717, 1.165) is 43.4 Å². The van der Waals surface area contributed by atoms with E-state index in [1.54, 1.807) is 6.07 Å². The third-order valence-corrected chi connectivity index (χ3v) is 4.40. The molecule has 1 aliphatic rings. The lowest BCUT2D eigenvalue weighted by atomic mass is 10.1. The van der Waals surface area contributed by atoms with Crippen LogP contribution >= 0.6 is 0 Å². The Bertz CT molecular complexity index is 753. The second-order valence-corrected chi connectivity index (χ2v) is 6.26. The van der Waals surface area contributed by atoms with Gasteiger partial charge in [0.15, 0.2) is 0 Å². The van der Waals surface area contributed by atoms with E-state index >= 15 is 0 Å². The fraction of sp³-hybridized carbons (Fsp3) is 0.421. The molecule has 0 saturated carbocycles.